The van der Waals surface area contributed by atoms with Crippen molar-refractivity contribution in [3.05, 3.63) is 70.2 Å². The summed E-state index contributed by atoms with van der Waals surface area (Å²) in [6, 6.07) is 16.7. The van der Waals surface area contributed by atoms with E-state index in [2.05, 4.69) is 43.3 Å². The zero-order valence-corrected chi connectivity index (χ0v) is 12.0. The lowest BCUT2D eigenvalue weighted by Gasteiger charge is -2.12. The highest BCUT2D eigenvalue weighted by Gasteiger charge is 2.06. The van der Waals surface area contributed by atoms with Crippen molar-refractivity contribution in [3.63, 3.8) is 0 Å². The third-order valence-corrected chi connectivity index (χ3v) is 3.73. The normalized spacial score (nSPS) is 12.4. The third kappa shape index (κ3) is 4.09. The summed E-state index contributed by atoms with van der Waals surface area (Å²) in [5.74, 6) is 0. The molecule has 1 nitrogen and oxygen atoms in total. The fourth-order valence-electron chi connectivity index (χ4n) is 2.14. The van der Waals surface area contributed by atoms with Crippen molar-refractivity contribution >= 4 is 11.6 Å². The van der Waals surface area contributed by atoms with E-state index in [4.69, 9.17) is 17.3 Å². The van der Waals surface area contributed by atoms with Crippen LogP contribution in [0.25, 0.3) is 0 Å². The minimum atomic E-state index is 0.0987. The topological polar surface area (TPSA) is 26.0 Å². The van der Waals surface area contributed by atoms with E-state index in [1.54, 1.807) is 0 Å². The van der Waals surface area contributed by atoms with Gasteiger partial charge < -0.3 is 5.73 Å². The van der Waals surface area contributed by atoms with Crippen LogP contribution in [-0.2, 0) is 12.8 Å². The summed E-state index contributed by atoms with van der Waals surface area (Å²) in [5.41, 5.74) is 10.1. The van der Waals surface area contributed by atoms with Gasteiger partial charge in [-0.1, -0.05) is 54.9 Å². The first-order chi connectivity index (χ1) is 9.19. The molecule has 2 heteroatoms. The summed E-state index contributed by atoms with van der Waals surface area (Å²) in [4.78, 5) is 0. The van der Waals surface area contributed by atoms with Crippen LogP contribution in [0.1, 0.15) is 36.1 Å². The molecule has 2 rings (SSSR count). The fraction of sp³-hybridized carbons (Fsp3) is 0.294. The fourth-order valence-corrected chi connectivity index (χ4v) is 2.27. The Morgan fingerprint density at radius 2 is 1.53 bits per heavy atom. The standard InChI is InChI=1S/C17H20ClN/c1-2-13-3-8-15(9-4-13)17(19)12-7-14-5-10-16(18)11-6-14/h3-6,8-11,17H,2,7,12,19H2,1H3. The van der Waals surface area contributed by atoms with Gasteiger partial charge in [0, 0.05) is 11.1 Å². The van der Waals surface area contributed by atoms with Crippen LogP contribution in [-0.4, -0.2) is 0 Å². The predicted molar refractivity (Wildman–Crippen MR) is 82.5 cm³/mol. The maximum Gasteiger partial charge on any atom is 0.0406 e. The molecule has 1 unspecified atom stereocenters. The van der Waals surface area contributed by atoms with Crippen LogP contribution < -0.4 is 5.73 Å². The van der Waals surface area contributed by atoms with Crippen LogP contribution in [0.15, 0.2) is 48.5 Å². The monoisotopic (exact) mass is 273 g/mol. The highest BCUT2D eigenvalue weighted by Crippen LogP contribution is 2.18. The first kappa shape index (κ1) is 14.1. The minimum Gasteiger partial charge on any atom is -0.324 e. The van der Waals surface area contributed by atoms with Crippen molar-refractivity contribution in [3.8, 4) is 0 Å². The average molecular weight is 274 g/mol. The van der Waals surface area contributed by atoms with Gasteiger partial charge >= 0.3 is 0 Å². The van der Waals surface area contributed by atoms with E-state index < -0.39 is 0 Å². The van der Waals surface area contributed by atoms with Crippen LogP contribution in [0.4, 0.5) is 0 Å². The van der Waals surface area contributed by atoms with Gasteiger partial charge in [-0.3, -0.25) is 0 Å². The van der Waals surface area contributed by atoms with Gasteiger partial charge in [-0.05, 0) is 48.1 Å². The first-order valence-electron chi connectivity index (χ1n) is 6.78. The number of rotatable bonds is 5. The summed E-state index contributed by atoms with van der Waals surface area (Å²) < 4.78 is 0. The van der Waals surface area contributed by atoms with E-state index in [0.717, 1.165) is 24.3 Å². The van der Waals surface area contributed by atoms with Crippen molar-refractivity contribution in [2.75, 3.05) is 0 Å². The Kier molecular flexibility index (Phi) is 5.00. The largest absolute Gasteiger partial charge is 0.324 e. The van der Waals surface area contributed by atoms with Crippen molar-refractivity contribution in [2.24, 2.45) is 5.73 Å². The van der Waals surface area contributed by atoms with Gasteiger partial charge in [0.05, 0.1) is 0 Å². The minimum absolute atomic E-state index is 0.0987. The summed E-state index contributed by atoms with van der Waals surface area (Å²) in [5, 5.41) is 0.781. The number of hydrogen-bond acceptors (Lipinski definition) is 1. The maximum atomic E-state index is 6.24. The molecule has 0 aromatic heterocycles. The number of aryl methyl sites for hydroxylation is 2. The van der Waals surface area contributed by atoms with Crippen molar-refractivity contribution in [1.29, 1.82) is 0 Å². The molecule has 0 fully saturated rings. The van der Waals surface area contributed by atoms with E-state index in [9.17, 15) is 0 Å². The summed E-state index contributed by atoms with van der Waals surface area (Å²) >= 11 is 5.87. The van der Waals surface area contributed by atoms with Crippen molar-refractivity contribution in [1.82, 2.24) is 0 Å². The lowest BCUT2D eigenvalue weighted by Crippen LogP contribution is -2.11. The molecule has 2 aromatic rings. The molecule has 2 N–H and O–H groups in total. The van der Waals surface area contributed by atoms with Crippen LogP contribution in [0.2, 0.25) is 5.02 Å². The zero-order chi connectivity index (χ0) is 13.7. The van der Waals surface area contributed by atoms with Crippen LogP contribution >= 0.6 is 11.6 Å². The Labute approximate surface area is 120 Å². The quantitative estimate of drug-likeness (QED) is 0.851. The number of hydrogen-bond donors (Lipinski definition) is 1. The first-order valence-corrected chi connectivity index (χ1v) is 7.15. The molecule has 0 saturated carbocycles. The van der Waals surface area contributed by atoms with Gasteiger partial charge in [-0.15, -0.1) is 0 Å². The van der Waals surface area contributed by atoms with Crippen LogP contribution in [0.3, 0.4) is 0 Å². The number of benzene rings is 2. The molecule has 19 heavy (non-hydrogen) atoms. The maximum absolute atomic E-state index is 6.24. The molecule has 0 aliphatic heterocycles. The molecule has 0 heterocycles. The number of nitrogens with two attached hydrogens (primary N) is 1. The van der Waals surface area contributed by atoms with E-state index in [1.807, 2.05) is 12.1 Å². The van der Waals surface area contributed by atoms with Gasteiger partial charge in [0.2, 0.25) is 0 Å². The van der Waals surface area contributed by atoms with E-state index in [1.165, 1.54) is 16.7 Å². The Morgan fingerprint density at radius 1 is 0.947 bits per heavy atom. The van der Waals surface area contributed by atoms with Crippen LogP contribution in [0, 0.1) is 0 Å². The number of halogens is 1. The van der Waals surface area contributed by atoms with Gasteiger partial charge in [0.15, 0.2) is 0 Å². The molecule has 1 atom stereocenters. The average Bonchev–Trinajstić information content (AvgIpc) is 2.46. The Balaban J connectivity index is 1.93. The molecule has 0 aliphatic rings. The molecule has 0 radical (unpaired) electrons. The molecule has 0 aliphatic carbocycles. The van der Waals surface area contributed by atoms with Gasteiger partial charge in [0.25, 0.3) is 0 Å². The summed E-state index contributed by atoms with van der Waals surface area (Å²) in [6.45, 7) is 2.16. The van der Waals surface area contributed by atoms with E-state index >= 15 is 0 Å². The van der Waals surface area contributed by atoms with Gasteiger partial charge in [-0.2, -0.15) is 0 Å². The lowest BCUT2D eigenvalue weighted by molar-refractivity contribution is 0.651. The zero-order valence-electron chi connectivity index (χ0n) is 11.3. The van der Waals surface area contributed by atoms with E-state index in [0.29, 0.717) is 0 Å². The second kappa shape index (κ2) is 6.74. The van der Waals surface area contributed by atoms with Gasteiger partial charge in [0.1, 0.15) is 0 Å². The highest BCUT2D eigenvalue weighted by molar-refractivity contribution is 6.30. The molecular formula is C17H20ClN. The van der Waals surface area contributed by atoms with Crippen molar-refractivity contribution < 1.29 is 0 Å². The Morgan fingerprint density at radius 3 is 2.11 bits per heavy atom. The molecule has 2 aromatic carbocycles. The molecule has 0 bridgehead atoms. The molecular weight excluding hydrogens is 254 g/mol. The predicted octanol–water partition coefficient (Wildman–Crippen LogP) is 4.54. The second-order valence-corrected chi connectivity index (χ2v) is 5.30. The van der Waals surface area contributed by atoms with Gasteiger partial charge in [-0.25, -0.2) is 0 Å². The Hall–Kier alpha value is -1.31. The molecule has 0 amide bonds. The molecule has 100 valence electrons. The molecule has 0 saturated heterocycles. The van der Waals surface area contributed by atoms with E-state index in [-0.39, 0.29) is 6.04 Å². The third-order valence-electron chi connectivity index (χ3n) is 3.47. The second-order valence-electron chi connectivity index (χ2n) is 4.87. The van der Waals surface area contributed by atoms with Crippen LogP contribution in [0.5, 0.6) is 0 Å². The van der Waals surface area contributed by atoms with Crippen molar-refractivity contribution in [2.45, 2.75) is 32.2 Å². The smallest absolute Gasteiger partial charge is 0.0406 e. The lowest BCUT2D eigenvalue weighted by atomic mass is 9.98. The highest BCUT2D eigenvalue weighted by atomic mass is 35.5. The summed E-state index contributed by atoms with van der Waals surface area (Å²) in [6.07, 6.45) is 3.00. The SMILES string of the molecule is CCc1ccc(C(N)CCc2ccc(Cl)cc2)cc1. The summed E-state index contributed by atoms with van der Waals surface area (Å²) in [7, 11) is 0. The molecule has 0 spiro atoms. The Bertz CT molecular complexity index is 502.